The van der Waals surface area contributed by atoms with Crippen LogP contribution in [0.25, 0.3) is 0 Å². The van der Waals surface area contributed by atoms with E-state index < -0.39 is 0 Å². The molecule has 1 saturated carbocycles. The van der Waals surface area contributed by atoms with Crippen LogP contribution in [0.5, 0.6) is 0 Å². The molecule has 3 unspecified atom stereocenters. The average Bonchev–Trinajstić information content (AvgIpc) is 3.00. The lowest BCUT2D eigenvalue weighted by atomic mass is 10.0. The van der Waals surface area contributed by atoms with E-state index in [2.05, 4.69) is 24.8 Å². The molecule has 3 atom stereocenters. The fourth-order valence-electron chi connectivity index (χ4n) is 3.29. The first-order valence-corrected chi connectivity index (χ1v) is 8.03. The second-order valence-corrected chi connectivity index (χ2v) is 6.56. The number of carbonyl (C=O) groups is 1. The Bertz CT molecular complexity index is 479. The number of carbonyl (C=O) groups excluding carboxylic acids is 1. The highest BCUT2D eigenvalue weighted by atomic mass is 16.3. The Morgan fingerprint density at radius 1 is 1.35 bits per heavy atom. The number of aryl methyl sites for hydroxylation is 1. The molecule has 2 heterocycles. The predicted molar refractivity (Wildman–Crippen MR) is 78.6 cm³/mol. The van der Waals surface area contributed by atoms with Crippen LogP contribution in [0.3, 0.4) is 0 Å². The van der Waals surface area contributed by atoms with E-state index in [1.54, 1.807) is 0 Å². The van der Waals surface area contributed by atoms with Gasteiger partial charge in [0.15, 0.2) is 0 Å². The fourth-order valence-corrected chi connectivity index (χ4v) is 3.29. The van der Waals surface area contributed by atoms with Gasteiger partial charge in [0.25, 0.3) is 0 Å². The third-order valence-electron chi connectivity index (χ3n) is 4.87. The molecule has 2 aliphatic rings. The third-order valence-corrected chi connectivity index (χ3v) is 4.87. The van der Waals surface area contributed by atoms with Crippen molar-refractivity contribution in [1.29, 1.82) is 0 Å². The molecule has 3 heteroatoms. The van der Waals surface area contributed by atoms with Gasteiger partial charge in [0.05, 0.1) is 0 Å². The van der Waals surface area contributed by atoms with Gasteiger partial charge in [0.2, 0.25) is 5.91 Å². The quantitative estimate of drug-likeness (QED) is 0.838. The molecule has 0 N–H and O–H groups in total. The molecular weight excluding hydrogens is 250 g/mol. The molecule has 3 nitrogen and oxygen atoms in total. The van der Waals surface area contributed by atoms with Crippen molar-refractivity contribution in [3.8, 4) is 0 Å². The van der Waals surface area contributed by atoms with Gasteiger partial charge < -0.3 is 9.32 Å². The van der Waals surface area contributed by atoms with Crippen LogP contribution in [0.15, 0.2) is 16.5 Å². The van der Waals surface area contributed by atoms with Gasteiger partial charge in [0, 0.05) is 31.3 Å². The van der Waals surface area contributed by atoms with Crippen LogP contribution >= 0.6 is 0 Å². The van der Waals surface area contributed by atoms with E-state index in [0.717, 1.165) is 43.2 Å². The topological polar surface area (TPSA) is 33.5 Å². The molecule has 1 amide bonds. The molecule has 0 bridgehead atoms. The van der Waals surface area contributed by atoms with E-state index in [1.165, 1.54) is 12.8 Å². The Kier molecular flexibility index (Phi) is 3.86. The SMILES string of the molecule is CC1CC1c1ccc(CCC(=O)N2CCCCC2C)o1. The molecule has 3 rings (SSSR count). The van der Waals surface area contributed by atoms with Gasteiger partial charge in [-0.1, -0.05) is 6.92 Å². The zero-order valence-corrected chi connectivity index (χ0v) is 12.6. The molecule has 0 radical (unpaired) electrons. The summed E-state index contributed by atoms with van der Waals surface area (Å²) >= 11 is 0. The minimum atomic E-state index is 0.287. The number of rotatable bonds is 4. The summed E-state index contributed by atoms with van der Waals surface area (Å²) in [6.45, 7) is 5.35. The molecular formula is C17H25NO2. The second-order valence-electron chi connectivity index (χ2n) is 6.56. The van der Waals surface area contributed by atoms with E-state index >= 15 is 0 Å². The van der Waals surface area contributed by atoms with Crippen LogP contribution in [0.4, 0.5) is 0 Å². The molecule has 2 fully saturated rings. The molecule has 20 heavy (non-hydrogen) atoms. The molecule has 1 aromatic rings. The molecule has 1 aliphatic carbocycles. The lowest BCUT2D eigenvalue weighted by Crippen LogP contribution is -2.42. The molecule has 1 aromatic heterocycles. The summed E-state index contributed by atoms with van der Waals surface area (Å²) in [6, 6.07) is 4.56. The molecule has 1 saturated heterocycles. The van der Waals surface area contributed by atoms with Crippen molar-refractivity contribution in [2.75, 3.05) is 6.54 Å². The highest BCUT2D eigenvalue weighted by Crippen LogP contribution is 2.47. The standard InChI is InChI=1S/C17H25NO2/c1-12-11-15(12)16-8-6-14(20-16)7-9-17(19)18-10-4-3-5-13(18)2/h6,8,12-13,15H,3-5,7,9-11H2,1-2H3. The Morgan fingerprint density at radius 3 is 2.85 bits per heavy atom. The summed E-state index contributed by atoms with van der Waals surface area (Å²) in [5.41, 5.74) is 0. The van der Waals surface area contributed by atoms with Gasteiger partial charge in [-0.05, 0) is 50.7 Å². The first-order valence-electron chi connectivity index (χ1n) is 8.03. The lowest BCUT2D eigenvalue weighted by Gasteiger charge is -2.33. The maximum Gasteiger partial charge on any atom is 0.223 e. The van der Waals surface area contributed by atoms with Crippen LogP contribution < -0.4 is 0 Å². The Labute approximate surface area is 121 Å². The van der Waals surface area contributed by atoms with Gasteiger partial charge in [-0.2, -0.15) is 0 Å². The van der Waals surface area contributed by atoms with Crippen molar-refractivity contribution < 1.29 is 9.21 Å². The first kappa shape index (κ1) is 13.7. The summed E-state index contributed by atoms with van der Waals surface area (Å²) in [4.78, 5) is 14.3. The first-order chi connectivity index (χ1) is 9.65. The van der Waals surface area contributed by atoms with Gasteiger partial charge in [-0.25, -0.2) is 0 Å². The Balaban J connectivity index is 1.51. The maximum atomic E-state index is 12.3. The largest absolute Gasteiger partial charge is 0.466 e. The lowest BCUT2D eigenvalue weighted by molar-refractivity contribution is -0.134. The number of amides is 1. The molecule has 110 valence electrons. The van der Waals surface area contributed by atoms with Crippen molar-refractivity contribution in [3.05, 3.63) is 23.7 Å². The highest BCUT2D eigenvalue weighted by Gasteiger charge is 2.36. The minimum Gasteiger partial charge on any atom is -0.466 e. The monoisotopic (exact) mass is 275 g/mol. The van der Waals surface area contributed by atoms with Crippen LogP contribution in [0.2, 0.25) is 0 Å². The Hall–Kier alpha value is -1.25. The van der Waals surface area contributed by atoms with Crippen molar-refractivity contribution >= 4 is 5.91 Å². The second kappa shape index (κ2) is 5.63. The smallest absolute Gasteiger partial charge is 0.223 e. The van der Waals surface area contributed by atoms with E-state index in [-0.39, 0.29) is 5.91 Å². The van der Waals surface area contributed by atoms with E-state index in [9.17, 15) is 4.79 Å². The fraction of sp³-hybridized carbons (Fsp3) is 0.706. The van der Waals surface area contributed by atoms with E-state index in [0.29, 0.717) is 18.4 Å². The van der Waals surface area contributed by atoms with Crippen molar-refractivity contribution in [2.24, 2.45) is 5.92 Å². The number of piperidine rings is 1. The number of hydrogen-bond donors (Lipinski definition) is 0. The zero-order chi connectivity index (χ0) is 14.1. The molecule has 0 aromatic carbocycles. The average molecular weight is 275 g/mol. The summed E-state index contributed by atoms with van der Waals surface area (Å²) in [7, 11) is 0. The van der Waals surface area contributed by atoms with Gasteiger partial charge in [-0.15, -0.1) is 0 Å². The summed E-state index contributed by atoms with van der Waals surface area (Å²) in [6.07, 6.45) is 6.13. The van der Waals surface area contributed by atoms with Crippen LogP contribution in [-0.2, 0) is 11.2 Å². The molecule has 1 aliphatic heterocycles. The molecule has 0 spiro atoms. The number of furan rings is 1. The number of likely N-dealkylation sites (tertiary alicyclic amines) is 1. The van der Waals surface area contributed by atoms with Crippen molar-refractivity contribution in [3.63, 3.8) is 0 Å². The maximum absolute atomic E-state index is 12.3. The normalized spacial score (nSPS) is 29.5. The number of nitrogens with zero attached hydrogens (tertiary/aromatic N) is 1. The van der Waals surface area contributed by atoms with E-state index in [1.807, 2.05) is 6.07 Å². The van der Waals surface area contributed by atoms with Gasteiger partial charge in [-0.3, -0.25) is 4.79 Å². The van der Waals surface area contributed by atoms with Gasteiger partial charge >= 0.3 is 0 Å². The Morgan fingerprint density at radius 2 is 2.15 bits per heavy atom. The summed E-state index contributed by atoms with van der Waals surface area (Å²) < 4.78 is 5.87. The third kappa shape index (κ3) is 2.92. The predicted octanol–water partition coefficient (Wildman–Crippen LogP) is 3.74. The van der Waals surface area contributed by atoms with Crippen molar-refractivity contribution in [2.45, 2.75) is 64.3 Å². The van der Waals surface area contributed by atoms with Crippen LogP contribution in [-0.4, -0.2) is 23.4 Å². The highest BCUT2D eigenvalue weighted by molar-refractivity contribution is 5.76. The van der Waals surface area contributed by atoms with E-state index in [4.69, 9.17) is 4.42 Å². The summed E-state index contributed by atoms with van der Waals surface area (Å²) in [5, 5.41) is 0. The van der Waals surface area contributed by atoms with Gasteiger partial charge in [0.1, 0.15) is 11.5 Å². The van der Waals surface area contributed by atoms with Crippen molar-refractivity contribution in [1.82, 2.24) is 4.90 Å². The van der Waals surface area contributed by atoms with Crippen LogP contribution in [0.1, 0.15) is 63.4 Å². The van der Waals surface area contributed by atoms with Crippen LogP contribution in [0, 0.1) is 5.92 Å². The minimum absolute atomic E-state index is 0.287. The number of hydrogen-bond acceptors (Lipinski definition) is 2. The summed E-state index contributed by atoms with van der Waals surface area (Å²) in [5.74, 6) is 3.77. The zero-order valence-electron chi connectivity index (χ0n) is 12.6.